The van der Waals surface area contributed by atoms with Crippen LogP contribution in [0, 0.1) is 12.8 Å². The largest absolute Gasteiger partial charge is 0.383 e. The van der Waals surface area contributed by atoms with E-state index in [1.165, 1.54) is 11.1 Å². The predicted octanol–water partition coefficient (Wildman–Crippen LogP) is 5.77. The maximum atomic E-state index is 12.7. The Morgan fingerprint density at radius 1 is 1.16 bits per heavy atom. The molecule has 4 heterocycles. The number of nitrogens with zero attached hydrogens (tertiary/aromatic N) is 7. The second-order valence-electron chi connectivity index (χ2n) is 12.1. The molecule has 3 aromatic heterocycles. The van der Waals surface area contributed by atoms with Crippen LogP contribution in [0.3, 0.4) is 0 Å². The maximum absolute atomic E-state index is 12.7. The highest BCUT2D eigenvalue weighted by molar-refractivity contribution is 5.80. The second kappa shape index (κ2) is 13.3. The SMILES string of the molecule is CCc1c(C2CCN(C(CC)c3ncccc3C)CC2C=O)nc2c(-c3ccc(/C(C)=C/N(C)N(C)C)cc3)cnn2c1N. The summed E-state index contributed by atoms with van der Waals surface area (Å²) in [5, 5.41) is 8.73. The lowest BCUT2D eigenvalue weighted by Crippen LogP contribution is -2.43. The molecule has 0 spiro atoms. The van der Waals surface area contributed by atoms with Gasteiger partial charge in [-0.15, -0.1) is 0 Å². The van der Waals surface area contributed by atoms with E-state index < -0.39 is 0 Å². The van der Waals surface area contributed by atoms with Gasteiger partial charge in [-0.05, 0) is 68.0 Å². The summed E-state index contributed by atoms with van der Waals surface area (Å²) in [5.74, 6) is 0.394. The molecule has 1 aliphatic rings. The number of anilines is 1. The van der Waals surface area contributed by atoms with Crippen LogP contribution >= 0.6 is 0 Å². The Kier molecular flexibility index (Phi) is 9.46. The number of hydrogen-bond donors (Lipinski definition) is 1. The van der Waals surface area contributed by atoms with Crippen LogP contribution in [0.1, 0.15) is 73.7 Å². The molecule has 0 radical (unpaired) electrons. The molecule has 1 aromatic carbocycles. The second-order valence-corrected chi connectivity index (χ2v) is 12.1. The summed E-state index contributed by atoms with van der Waals surface area (Å²) in [4.78, 5) is 25.0. The van der Waals surface area contributed by atoms with Crippen molar-refractivity contribution in [2.45, 2.75) is 58.9 Å². The van der Waals surface area contributed by atoms with Crippen molar-refractivity contribution in [3.05, 3.63) is 83.1 Å². The average Bonchev–Trinajstić information content (AvgIpc) is 3.46. The number of nitrogens with two attached hydrogens (primary N) is 1. The zero-order valence-corrected chi connectivity index (χ0v) is 27.2. The van der Waals surface area contributed by atoms with Crippen molar-refractivity contribution in [2.24, 2.45) is 5.92 Å². The lowest BCUT2D eigenvalue weighted by atomic mass is 9.81. The van der Waals surface area contributed by atoms with Crippen LogP contribution in [0.2, 0.25) is 0 Å². The fraction of sp³-hybridized carbons (Fsp3) is 0.429. The number of hydrazine groups is 1. The van der Waals surface area contributed by atoms with Crippen LogP contribution in [-0.4, -0.2) is 75.0 Å². The van der Waals surface area contributed by atoms with Crippen LogP contribution in [0.25, 0.3) is 22.3 Å². The molecule has 232 valence electrons. The average molecular weight is 595 g/mol. The van der Waals surface area contributed by atoms with E-state index >= 15 is 0 Å². The summed E-state index contributed by atoms with van der Waals surface area (Å²) < 4.78 is 1.75. The number of piperidine rings is 1. The fourth-order valence-electron chi connectivity index (χ4n) is 6.56. The number of rotatable bonds is 10. The minimum absolute atomic E-state index is 0.0139. The van der Waals surface area contributed by atoms with E-state index in [-0.39, 0.29) is 17.9 Å². The Balaban J connectivity index is 1.48. The van der Waals surface area contributed by atoms with Crippen LogP contribution < -0.4 is 5.73 Å². The number of allylic oxidation sites excluding steroid dienone is 1. The fourth-order valence-corrected chi connectivity index (χ4v) is 6.56. The van der Waals surface area contributed by atoms with E-state index in [0.29, 0.717) is 12.4 Å². The lowest BCUT2D eigenvalue weighted by Gasteiger charge is -2.40. The van der Waals surface area contributed by atoms with Gasteiger partial charge in [0, 0.05) is 63.0 Å². The van der Waals surface area contributed by atoms with Crippen molar-refractivity contribution in [3.63, 3.8) is 0 Å². The van der Waals surface area contributed by atoms with E-state index in [1.54, 1.807) is 4.52 Å². The van der Waals surface area contributed by atoms with E-state index in [4.69, 9.17) is 15.7 Å². The van der Waals surface area contributed by atoms with Gasteiger partial charge in [-0.3, -0.25) is 9.88 Å². The zero-order chi connectivity index (χ0) is 31.5. The van der Waals surface area contributed by atoms with Crippen molar-refractivity contribution in [2.75, 3.05) is 40.0 Å². The molecular formula is C35H46N8O. The summed E-state index contributed by atoms with van der Waals surface area (Å²) in [6.45, 7) is 10.0. The van der Waals surface area contributed by atoms with Crippen LogP contribution in [-0.2, 0) is 11.2 Å². The monoisotopic (exact) mass is 594 g/mol. The Morgan fingerprint density at radius 3 is 2.55 bits per heavy atom. The molecule has 3 atom stereocenters. The first kappa shape index (κ1) is 31.3. The first-order chi connectivity index (χ1) is 21.2. The highest BCUT2D eigenvalue weighted by Gasteiger charge is 2.36. The number of nitrogen functional groups attached to an aromatic ring is 1. The molecule has 0 aliphatic carbocycles. The number of aldehydes is 1. The Hall–Kier alpha value is -4.08. The number of fused-ring (bicyclic) bond motifs is 1. The standard InChI is InChI=1S/C35H46N8O/c1-8-28-33(29-16-18-42(21-27(29)22-44)31(9-2)32-23(3)11-10-17-37-32)39-35-30(19-38-43(35)34(28)36)26-14-12-25(13-15-26)24(4)20-41(7)40(5)6/h10-15,17,19-20,22,27,29,31H,8-9,16,18,21,36H2,1-7H3/b24-20+. The van der Waals surface area contributed by atoms with Gasteiger partial charge >= 0.3 is 0 Å². The number of carbonyl (C=O) groups excluding carboxylic acids is 1. The molecule has 3 unspecified atom stereocenters. The van der Waals surface area contributed by atoms with Gasteiger partial charge in [-0.25, -0.2) is 9.99 Å². The highest BCUT2D eigenvalue weighted by atomic mass is 16.1. The van der Waals surface area contributed by atoms with Gasteiger partial charge in [-0.2, -0.15) is 9.61 Å². The summed E-state index contributed by atoms with van der Waals surface area (Å²) in [7, 11) is 6.05. The summed E-state index contributed by atoms with van der Waals surface area (Å²) in [6.07, 6.45) is 9.42. The Morgan fingerprint density at radius 2 is 1.91 bits per heavy atom. The Labute approximate surface area is 261 Å². The summed E-state index contributed by atoms with van der Waals surface area (Å²) in [6, 6.07) is 12.8. The molecule has 0 saturated carbocycles. The van der Waals surface area contributed by atoms with Gasteiger partial charge in [0.1, 0.15) is 12.1 Å². The van der Waals surface area contributed by atoms with Crippen molar-refractivity contribution in [1.82, 2.24) is 34.5 Å². The molecule has 2 N–H and O–H groups in total. The molecule has 1 aliphatic heterocycles. The molecule has 0 bridgehead atoms. The first-order valence-electron chi connectivity index (χ1n) is 15.6. The predicted molar refractivity (Wildman–Crippen MR) is 178 cm³/mol. The number of aryl methyl sites for hydroxylation is 1. The normalized spacial score (nSPS) is 18.6. The number of aromatic nitrogens is 4. The number of likely N-dealkylation sites (tertiary alicyclic amines) is 1. The third-order valence-corrected chi connectivity index (χ3v) is 9.24. The quantitative estimate of drug-likeness (QED) is 0.183. The Bertz CT molecular complexity index is 1640. The molecule has 1 fully saturated rings. The first-order valence-corrected chi connectivity index (χ1v) is 15.6. The zero-order valence-electron chi connectivity index (χ0n) is 27.2. The number of carbonyl (C=O) groups is 1. The van der Waals surface area contributed by atoms with E-state index in [9.17, 15) is 4.79 Å². The van der Waals surface area contributed by atoms with E-state index in [0.717, 1.165) is 71.4 Å². The topological polar surface area (TPSA) is 95.9 Å². The van der Waals surface area contributed by atoms with Gasteiger partial charge < -0.3 is 15.5 Å². The van der Waals surface area contributed by atoms with Gasteiger partial charge in [0.25, 0.3) is 0 Å². The molecular weight excluding hydrogens is 548 g/mol. The maximum Gasteiger partial charge on any atom is 0.165 e. The highest BCUT2D eigenvalue weighted by Crippen LogP contribution is 2.39. The number of benzene rings is 1. The van der Waals surface area contributed by atoms with Crippen molar-refractivity contribution < 1.29 is 4.79 Å². The summed E-state index contributed by atoms with van der Waals surface area (Å²) >= 11 is 0. The molecule has 0 amide bonds. The van der Waals surface area contributed by atoms with Crippen molar-refractivity contribution in [3.8, 4) is 11.1 Å². The molecule has 44 heavy (non-hydrogen) atoms. The van der Waals surface area contributed by atoms with Gasteiger partial charge in [0.05, 0.1) is 23.6 Å². The molecule has 1 saturated heterocycles. The van der Waals surface area contributed by atoms with Gasteiger partial charge in [0.15, 0.2) is 5.65 Å². The van der Waals surface area contributed by atoms with Gasteiger partial charge in [0.2, 0.25) is 0 Å². The van der Waals surface area contributed by atoms with Crippen LogP contribution in [0.5, 0.6) is 0 Å². The number of hydrogen-bond acceptors (Lipinski definition) is 8. The van der Waals surface area contributed by atoms with Crippen LogP contribution in [0.15, 0.2) is 55.0 Å². The summed E-state index contributed by atoms with van der Waals surface area (Å²) in [5.41, 5.74) is 16.0. The van der Waals surface area contributed by atoms with E-state index in [2.05, 4.69) is 74.2 Å². The molecule has 9 nitrogen and oxygen atoms in total. The lowest BCUT2D eigenvalue weighted by molar-refractivity contribution is -0.113. The van der Waals surface area contributed by atoms with Crippen LogP contribution in [0.4, 0.5) is 5.82 Å². The minimum atomic E-state index is -0.192. The molecule has 5 rings (SSSR count). The third-order valence-electron chi connectivity index (χ3n) is 9.24. The molecule has 9 heteroatoms. The van der Waals surface area contributed by atoms with Crippen molar-refractivity contribution >= 4 is 23.3 Å². The smallest absolute Gasteiger partial charge is 0.165 e. The number of pyridine rings is 1. The van der Waals surface area contributed by atoms with Crippen molar-refractivity contribution in [1.29, 1.82) is 0 Å². The minimum Gasteiger partial charge on any atom is -0.383 e. The van der Waals surface area contributed by atoms with Gasteiger partial charge in [-0.1, -0.05) is 44.2 Å². The third kappa shape index (κ3) is 5.99. The van der Waals surface area contributed by atoms with E-state index in [1.807, 2.05) is 49.6 Å². The molecule has 4 aromatic rings.